The maximum atomic E-state index is 12.5. The maximum Gasteiger partial charge on any atom is 0.295 e. The van der Waals surface area contributed by atoms with Crippen LogP contribution in [0.15, 0.2) is 47.2 Å². The highest BCUT2D eigenvalue weighted by Crippen LogP contribution is 2.40. The summed E-state index contributed by atoms with van der Waals surface area (Å²) in [6.45, 7) is 6.59. The number of nitrogens with zero attached hydrogens (tertiary/aromatic N) is 1. The van der Waals surface area contributed by atoms with Crippen LogP contribution in [-0.2, 0) is 15.4 Å². The Kier molecular flexibility index (Phi) is 7.80. The predicted molar refractivity (Wildman–Crippen MR) is 134 cm³/mol. The lowest BCUT2D eigenvalue weighted by Crippen LogP contribution is -2.19. The minimum Gasteiger partial charge on any atom is -0.490 e. The Morgan fingerprint density at radius 1 is 1.12 bits per heavy atom. The quantitative estimate of drug-likeness (QED) is 0.369. The van der Waals surface area contributed by atoms with Gasteiger partial charge >= 0.3 is 0 Å². The largest absolute Gasteiger partial charge is 0.490 e. The maximum absolute atomic E-state index is 12.5. The average molecular weight is 526 g/mol. The molecule has 0 aliphatic rings. The van der Waals surface area contributed by atoms with Crippen LogP contribution < -0.4 is 14.8 Å². The smallest absolute Gasteiger partial charge is 0.295 e. The summed E-state index contributed by atoms with van der Waals surface area (Å²) in [7, 11) is -3.62. The average Bonchev–Trinajstić information content (AvgIpc) is 3.20. The summed E-state index contributed by atoms with van der Waals surface area (Å²) >= 11 is 12.9. The van der Waals surface area contributed by atoms with Gasteiger partial charge in [0.05, 0.1) is 22.9 Å². The Labute approximate surface area is 208 Å². The summed E-state index contributed by atoms with van der Waals surface area (Å²) < 4.78 is 35.7. The molecule has 2 N–H and O–H groups in total. The van der Waals surface area contributed by atoms with Crippen LogP contribution in [0, 0.1) is 0 Å². The number of amides is 1. The molecule has 3 aromatic rings. The molecule has 1 amide bonds. The zero-order chi connectivity index (χ0) is 25.1. The van der Waals surface area contributed by atoms with Crippen molar-refractivity contribution in [3.05, 3.63) is 69.7 Å². The van der Waals surface area contributed by atoms with Gasteiger partial charge in [-0.15, -0.1) is 0 Å². The first-order valence-electron chi connectivity index (χ1n) is 10.4. The Bertz CT molecular complexity index is 1270. The molecule has 0 aliphatic carbocycles. The van der Waals surface area contributed by atoms with Gasteiger partial charge in [-0.3, -0.25) is 9.52 Å². The van der Waals surface area contributed by atoms with Crippen molar-refractivity contribution in [2.75, 3.05) is 22.9 Å². The van der Waals surface area contributed by atoms with Gasteiger partial charge in [-0.2, -0.15) is 4.98 Å². The highest BCUT2D eigenvalue weighted by atomic mass is 35.5. The molecule has 11 heteroatoms. The van der Waals surface area contributed by atoms with Crippen LogP contribution >= 0.6 is 23.2 Å². The van der Waals surface area contributed by atoms with E-state index in [1.165, 1.54) is 0 Å². The van der Waals surface area contributed by atoms with E-state index in [-0.39, 0.29) is 11.6 Å². The summed E-state index contributed by atoms with van der Waals surface area (Å²) in [5.41, 5.74) is 1.90. The number of aromatic nitrogens is 1. The van der Waals surface area contributed by atoms with Crippen LogP contribution in [0.25, 0.3) is 0 Å². The number of hydrogen-bond donors (Lipinski definition) is 2. The second-order valence-electron chi connectivity index (χ2n) is 8.18. The Balaban J connectivity index is 1.79. The van der Waals surface area contributed by atoms with E-state index in [9.17, 15) is 13.2 Å². The molecule has 8 nitrogen and oxygen atoms in total. The van der Waals surface area contributed by atoms with Crippen molar-refractivity contribution in [2.45, 2.75) is 32.6 Å². The molecule has 3 rings (SSSR count). The van der Waals surface area contributed by atoms with E-state index in [0.717, 1.165) is 30.2 Å². The van der Waals surface area contributed by atoms with Gasteiger partial charge in [0, 0.05) is 11.1 Å². The monoisotopic (exact) mass is 525 g/mol. The van der Waals surface area contributed by atoms with Gasteiger partial charge in [0.1, 0.15) is 0 Å². The van der Waals surface area contributed by atoms with Crippen molar-refractivity contribution < 1.29 is 22.4 Å². The van der Waals surface area contributed by atoms with E-state index in [0.29, 0.717) is 28.1 Å². The molecule has 0 saturated heterocycles. The molecule has 1 heterocycles. The zero-order valence-electron chi connectivity index (χ0n) is 19.1. The van der Waals surface area contributed by atoms with Crippen molar-refractivity contribution in [3.63, 3.8) is 0 Å². The summed E-state index contributed by atoms with van der Waals surface area (Å²) in [6, 6.07) is 10.9. The number of sulfonamides is 1. The van der Waals surface area contributed by atoms with Gasteiger partial charge in [0.15, 0.2) is 18.0 Å². The normalized spacial score (nSPS) is 11.8. The summed E-state index contributed by atoms with van der Waals surface area (Å²) in [5.74, 6) is -0.598. The summed E-state index contributed by atoms with van der Waals surface area (Å²) in [6.07, 6.45) is 2.79. The molecule has 34 heavy (non-hydrogen) atoms. The van der Waals surface area contributed by atoms with Crippen molar-refractivity contribution in [1.29, 1.82) is 0 Å². The lowest BCUT2D eigenvalue weighted by Gasteiger charge is -2.27. The van der Waals surface area contributed by atoms with Crippen LogP contribution in [0.1, 0.15) is 48.9 Å². The fourth-order valence-corrected chi connectivity index (χ4v) is 4.34. The van der Waals surface area contributed by atoms with Crippen LogP contribution in [0.2, 0.25) is 10.0 Å². The fraction of sp³-hybridized carbons (Fsp3) is 0.304. The number of halogens is 2. The fourth-order valence-electron chi connectivity index (χ4n) is 3.24. The third kappa shape index (κ3) is 6.02. The van der Waals surface area contributed by atoms with E-state index in [4.69, 9.17) is 32.4 Å². The summed E-state index contributed by atoms with van der Waals surface area (Å²) in [5, 5.41) is 3.55. The second kappa shape index (κ2) is 10.2. The van der Waals surface area contributed by atoms with Crippen molar-refractivity contribution in [3.8, 4) is 5.75 Å². The lowest BCUT2D eigenvalue weighted by molar-refractivity contribution is 0.0998. The van der Waals surface area contributed by atoms with Gasteiger partial charge in [0.2, 0.25) is 15.8 Å². The molecule has 0 aliphatic heterocycles. The number of ether oxygens (including phenoxy) is 1. The topological polar surface area (TPSA) is 111 Å². The second-order valence-corrected chi connectivity index (χ2v) is 10.7. The molecule has 0 unspecified atom stereocenters. The van der Waals surface area contributed by atoms with Crippen LogP contribution in [-0.4, -0.2) is 32.2 Å². The third-order valence-electron chi connectivity index (χ3n) is 5.09. The van der Waals surface area contributed by atoms with E-state index in [2.05, 4.69) is 15.0 Å². The molecular weight excluding hydrogens is 501 g/mol. The molecular formula is C23H25Cl2N3O5S. The minimum atomic E-state index is -3.62. The Hall–Kier alpha value is -2.75. The molecule has 0 saturated carbocycles. The van der Waals surface area contributed by atoms with Crippen molar-refractivity contribution in [1.82, 2.24) is 4.98 Å². The van der Waals surface area contributed by atoms with Crippen molar-refractivity contribution >= 4 is 50.6 Å². The van der Waals surface area contributed by atoms with Gasteiger partial charge in [-0.05, 0) is 41.8 Å². The zero-order valence-corrected chi connectivity index (χ0v) is 21.4. The van der Waals surface area contributed by atoms with Crippen LogP contribution in [0.5, 0.6) is 5.75 Å². The first-order valence-corrected chi connectivity index (χ1v) is 13.0. The first-order chi connectivity index (χ1) is 15.9. The highest BCUT2D eigenvalue weighted by Gasteiger charge is 2.26. The molecule has 0 atom stereocenters. The van der Waals surface area contributed by atoms with E-state index >= 15 is 0 Å². The third-order valence-corrected chi connectivity index (χ3v) is 6.22. The van der Waals surface area contributed by atoms with Gasteiger partial charge in [-0.1, -0.05) is 56.1 Å². The standard InChI is InChI=1S/C23H25Cl2N3O5S/c1-5-10-32-19-17(24)11-15(12-18(19)25)23(2,3)14-6-8-16(9-7-14)27-22(29)20-21(26-13-33-20)28-34(4,30)31/h6-9,11-13,28H,5,10H2,1-4H3,(H,27,29). The molecule has 0 fully saturated rings. The van der Waals surface area contributed by atoms with Crippen LogP contribution in [0.4, 0.5) is 11.5 Å². The predicted octanol–water partition coefficient (Wildman–Crippen LogP) is 5.72. The first kappa shape index (κ1) is 25.9. The SMILES string of the molecule is CCCOc1c(Cl)cc(C(C)(C)c2ccc(NC(=O)c3ocnc3NS(C)(=O)=O)cc2)cc1Cl. The van der Waals surface area contributed by atoms with Crippen LogP contribution in [0.3, 0.4) is 0 Å². The molecule has 182 valence electrons. The molecule has 0 bridgehead atoms. The number of oxazole rings is 1. The number of carbonyl (C=O) groups excluding carboxylic acids is 1. The number of rotatable bonds is 9. The number of anilines is 2. The van der Waals surface area contributed by atoms with Crippen molar-refractivity contribution in [2.24, 2.45) is 0 Å². The van der Waals surface area contributed by atoms with E-state index in [1.807, 2.05) is 45.0 Å². The van der Waals surface area contributed by atoms with Gasteiger partial charge in [0.25, 0.3) is 5.91 Å². The molecule has 0 radical (unpaired) electrons. The molecule has 2 aromatic carbocycles. The Morgan fingerprint density at radius 3 is 2.29 bits per heavy atom. The number of benzene rings is 2. The summed E-state index contributed by atoms with van der Waals surface area (Å²) in [4.78, 5) is 16.3. The van der Waals surface area contributed by atoms with Gasteiger partial charge in [-0.25, -0.2) is 8.42 Å². The Morgan fingerprint density at radius 2 is 1.74 bits per heavy atom. The highest BCUT2D eigenvalue weighted by molar-refractivity contribution is 7.92. The minimum absolute atomic E-state index is 0.183. The lowest BCUT2D eigenvalue weighted by atomic mass is 9.78. The molecule has 0 spiro atoms. The van der Waals surface area contributed by atoms with E-state index < -0.39 is 21.3 Å². The number of hydrogen-bond acceptors (Lipinski definition) is 6. The number of carbonyl (C=O) groups is 1. The van der Waals surface area contributed by atoms with E-state index in [1.54, 1.807) is 12.1 Å². The molecule has 1 aromatic heterocycles. The number of nitrogens with one attached hydrogen (secondary N) is 2. The van der Waals surface area contributed by atoms with Gasteiger partial charge < -0.3 is 14.5 Å².